The monoisotopic (exact) mass is 429 g/mol. The van der Waals surface area contributed by atoms with Gasteiger partial charge in [0.1, 0.15) is 23.1 Å². The van der Waals surface area contributed by atoms with Gasteiger partial charge in [0.15, 0.2) is 0 Å². The number of imidazole rings is 1. The van der Waals surface area contributed by atoms with Crippen LogP contribution in [0.15, 0.2) is 48.9 Å². The molecule has 0 saturated heterocycles. The first-order valence-corrected chi connectivity index (χ1v) is 10.1. The fraction of sp³-hybridized carbons (Fsp3) is 0.318. The van der Waals surface area contributed by atoms with Crippen LogP contribution in [-0.4, -0.2) is 25.9 Å². The summed E-state index contributed by atoms with van der Waals surface area (Å²) in [6.45, 7) is 4.01. The molecule has 2 heterocycles. The number of rotatable bonds is 7. The third-order valence-electron chi connectivity index (χ3n) is 4.90. The standard InChI is InChI=1S/C22H22F3N5O/c1-3-19(30-13-18(14-5-6-14)29-21(30)4-2)17-11-26-12-20(28-17)27-15-7-9-16(10-8-15)31-22(23,24)25/h3,7-14H,4-6H2,1-2H3,(H,27,28)/b19-3-. The van der Waals surface area contributed by atoms with Gasteiger partial charge in [-0.25, -0.2) is 9.97 Å². The molecule has 2 aromatic heterocycles. The van der Waals surface area contributed by atoms with E-state index in [1.165, 1.54) is 37.1 Å². The number of nitrogens with one attached hydrogen (secondary N) is 1. The summed E-state index contributed by atoms with van der Waals surface area (Å²) < 4.78 is 42.9. The average Bonchev–Trinajstić information content (AvgIpc) is 3.50. The number of hydrogen-bond acceptors (Lipinski definition) is 5. The molecule has 0 bridgehead atoms. The normalized spacial score (nSPS) is 14.5. The lowest BCUT2D eigenvalue weighted by Crippen LogP contribution is -2.16. The van der Waals surface area contributed by atoms with Crippen LogP contribution in [0.2, 0.25) is 0 Å². The van der Waals surface area contributed by atoms with Crippen LogP contribution in [0.25, 0.3) is 5.70 Å². The Bertz CT molecular complexity index is 1090. The average molecular weight is 429 g/mol. The first-order chi connectivity index (χ1) is 14.9. The minimum absolute atomic E-state index is 0.284. The van der Waals surface area contributed by atoms with Gasteiger partial charge in [0.2, 0.25) is 0 Å². The molecule has 1 aliphatic rings. The summed E-state index contributed by atoms with van der Waals surface area (Å²) >= 11 is 0. The van der Waals surface area contributed by atoms with E-state index in [1.807, 2.05) is 13.0 Å². The van der Waals surface area contributed by atoms with Crippen molar-refractivity contribution in [2.24, 2.45) is 0 Å². The molecule has 162 valence electrons. The van der Waals surface area contributed by atoms with E-state index in [-0.39, 0.29) is 5.75 Å². The van der Waals surface area contributed by atoms with Crippen molar-refractivity contribution >= 4 is 17.2 Å². The van der Waals surface area contributed by atoms with Crippen LogP contribution < -0.4 is 10.1 Å². The number of nitrogens with zero attached hydrogens (tertiary/aromatic N) is 4. The second-order valence-electron chi connectivity index (χ2n) is 7.24. The molecular formula is C22H22F3N5O. The van der Waals surface area contributed by atoms with E-state index in [9.17, 15) is 13.2 Å². The third-order valence-corrected chi connectivity index (χ3v) is 4.90. The lowest BCUT2D eigenvalue weighted by Gasteiger charge is -2.13. The largest absolute Gasteiger partial charge is 0.573 e. The van der Waals surface area contributed by atoms with Gasteiger partial charge in [-0.15, -0.1) is 13.2 Å². The van der Waals surface area contributed by atoms with Crippen molar-refractivity contribution in [3.8, 4) is 5.75 Å². The molecule has 6 nitrogen and oxygen atoms in total. The molecule has 0 spiro atoms. The minimum atomic E-state index is -4.72. The minimum Gasteiger partial charge on any atom is -0.406 e. The van der Waals surface area contributed by atoms with Crippen molar-refractivity contribution in [2.45, 2.75) is 45.4 Å². The molecule has 1 fully saturated rings. The smallest absolute Gasteiger partial charge is 0.406 e. The SMILES string of the molecule is C/C=C(/c1cncc(Nc2ccc(OC(F)(F)F)cc2)n1)n1cc(C2CC2)nc1CC. The molecule has 0 radical (unpaired) electrons. The van der Waals surface area contributed by atoms with Gasteiger partial charge in [0.25, 0.3) is 0 Å². The van der Waals surface area contributed by atoms with E-state index < -0.39 is 6.36 Å². The van der Waals surface area contributed by atoms with Gasteiger partial charge in [0, 0.05) is 24.2 Å². The highest BCUT2D eigenvalue weighted by Gasteiger charge is 2.31. The predicted molar refractivity (Wildman–Crippen MR) is 111 cm³/mol. The first-order valence-electron chi connectivity index (χ1n) is 10.1. The van der Waals surface area contributed by atoms with Crippen molar-refractivity contribution in [2.75, 3.05) is 5.32 Å². The fourth-order valence-corrected chi connectivity index (χ4v) is 3.32. The number of ether oxygens (including phenoxy) is 1. The predicted octanol–water partition coefficient (Wildman–Crippen LogP) is 5.66. The molecule has 1 N–H and O–H groups in total. The maximum atomic E-state index is 12.3. The number of anilines is 2. The second-order valence-corrected chi connectivity index (χ2v) is 7.24. The number of allylic oxidation sites excluding steroid dienone is 1. The molecular weight excluding hydrogens is 407 g/mol. The molecule has 9 heteroatoms. The van der Waals surface area contributed by atoms with Gasteiger partial charge in [-0.1, -0.05) is 13.0 Å². The third kappa shape index (κ3) is 5.04. The molecule has 1 saturated carbocycles. The summed E-state index contributed by atoms with van der Waals surface area (Å²) in [6.07, 6.45) is 5.71. The number of alkyl halides is 3. The highest BCUT2D eigenvalue weighted by molar-refractivity contribution is 5.65. The zero-order valence-electron chi connectivity index (χ0n) is 17.1. The maximum Gasteiger partial charge on any atom is 0.573 e. The number of aromatic nitrogens is 4. The van der Waals surface area contributed by atoms with E-state index in [2.05, 4.69) is 37.7 Å². The van der Waals surface area contributed by atoms with Crippen LogP contribution in [-0.2, 0) is 6.42 Å². The van der Waals surface area contributed by atoms with Crippen molar-refractivity contribution in [1.82, 2.24) is 19.5 Å². The quantitative estimate of drug-likeness (QED) is 0.525. The summed E-state index contributed by atoms with van der Waals surface area (Å²) in [6, 6.07) is 5.45. The maximum absolute atomic E-state index is 12.3. The first kappa shape index (κ1) is 20.9. The summed E-state index contributed by atoms with van der Waals surface area (Å²) in [5, 5.41) is 3.06. The topological polar surface area (TPSA) is 64.9 Å². The van der Waals surface area contributed by atoms with Gasteiger partial charge < -0.3 is 14.6 Å². The molecule has 3 aromatic rings. The second kappa shape index (κ2) is 8.41. The number of benzene rings is 1. The van der Waals surface area contributed by atoms with Gasteiger partial charge >= 0.3 is 6.36 Å². The van der Waals surface area contributed by atoms with Crippen molar-refractivity contribution < 1.29 is 17.9 Å². The lowest BCUT2D eigenvalue weighted by atomic mass is 10.2. The van der Waals surface area contributed by atoms with E-state index in [4.69, 9.17) is 4.98 Å². The number of hydrogen-bond donors (Lipinski definition) is 1. The highest BCUT2D eigenvalue weighted by Crippen LogP contribution is 2.40. The Balaban J connectivity index is 1.55. The Morgan fingerprint density at radius 1 is 1.19 bits per heavy atom. The lowest BCUT2D eigenvalue weighted by molar-refractivity contribution is -0.274. The molecule has 1 aliphatic carbocycles. The van der Waals surface area contributed by atoms with Gasteiger partial charge in [-0.3, -0.25) is 4.98 Å². The van der Waals surface area contributed by atoms with Crippen LogP contribution in [0.5, 0.6) is 5.75 Å². The molecule has 0 atom stereocenters. The Morgan fingerprint density at radius 2 is 1.94 bits per heavy atom. The summed E-state index contributed by atoms with van der Waals surface area (Å²) in [5.41, 5.74) is 3.22. The zero-order chi connectivity index (χ0) is 22.0. The molecule has 0 unspecified atom stereocenters. The fourth-order valence-electron chi connectivity index (χ4n) is 3.32. The Kier molecular flexibility index (Phi) is 5.67. The summed E-state index contributed by atoms with van der Waals surface area (Å²) in [7, 11) is 0. The van der Waals surface area contributed by atoms with E-state index in [0.29, 0.717) is 23.1 Å². The number of halogens is 3. The van der Waals surface area contributed by atoms with Crippen LogP contribution in [0.3, 0.4) is 0 Å². The van der Waals surface area contributed by atoms with E-state index in [1.54, 1.807) is 12.4 Å². The zero-order valence-corrected chi connectivity index (χ0v) is 17.1. The molecule has 31 heavy (non-hydrogen) atoms. The van der Waals surface area contributed by atoms with Crippen molar-refractivity contribution in [3.05, 3.63) is 66.1 Å². The van der Waals surface area contributed by atoms with E-state index >= 15 is 0 Å². The van der Waals surface area contributed by atoms with Gasteiger partial charge in [0.05, 0.1) is 23.8 Å². The van der Waals surface area contributed by atoms with Crippen LogP contribution in [0.4, 0.5) is 24.7 Å². The molecule has 1 aromatic carbocycles. The molecule has 4 rings (SSSR count). The summed E-state index contributed by atoms with van der Waals surface area (Å²) in [5.74, 6) is 1.71. The van der Waals surface area contributed by atoms with Crippen LogP contribution in [0.1, 0.15) is 49.8 Å². The van der Waals surface area contributed by atoms with Crippen molar-refractivity contribution in [1.29, 1.82) is 0 Å². The van der Waals surface area contributed by atoms with Crippen LogP contribution >= 0.6 is 0 Å². The van der Waals surface area contributed by atoms with Gasteiger partial charge in [-0.05, 0) is 44.0 Å². The Labute approximate surface area is 177 Å². The Hall–Kier alpha value is -3.36. The van der Waals surface area contributed by atoms with E-state index in [0.717, 1.165) is 23.6 Å². The number of aryl methyl sites for hydroxylation is 1. The van der Waals surface area contributed by atoms with Crippen LogP contribution in [0, 0.1) is 0 Å². The molecule has 0 amide bonds. The van der Waals surface area contributed by atoms with Gasteiger partial charge in [-0.2, -0.15) is 0 Å². The highest BCUT2D eigenvalue weighted by atomic mass is 19.4. The van der Waals surface area contributed by atoms with Crippen molar-refractivity contribution in [3.63, 3.8) is 0 Å². The molecule has 0 aliphatic heterocycles. The summed E-state index contributed by atoms with van der Waals surface area (Å²) in [4.78, 5) is 13.7. The Morgan fingerprint density at radius 3 is 2.55 bits per heavy atom.